The monoisotopic (exact) mass is 223 g/mol. The summed E-state index contributed by atoms with van der Waals surface area (Å²) in [6, 6.07) is 1.40. The predicted molar refractivity (Wildman–Crippen MR) is 63.0 cm³/mol. The minimum absolute atomic E-state index is 0.0187. The molecule has 0 saturated heterocycles. The molecule has 0 radical (unpaired) electrons. The molecule has 1 aromatic rings. The standard InChI is InChI=1S/C10H17N5O/c1-6-5-8(14-10(11)12-6)13-7(2)9(16)15(3)4/h5,7H,1-4H3,(H3,11,12,13,14). The van der Waals surface area contributed by atoms with Gasteiger partial charge < -0.3 is 16.0 Å². The molecule has 0 aliphatic carbocycles. The van der Waals surface area contributed by atoms with Crippen LogP contribution in [0.3, 0.4) is 0 Å². The molecule has 0 aromatic carbocycles. The van der Waals surface area contributed by atoms with Gasteiger partial charge in [0.15, 0.2) is 0 Å². The van der Waals surface area contributed by atoms with Crippen LogP contribution in [-0.2, 0) is 4.79 Å². The Morgan fingerprint density at radius 3 is 2.62 bits per heavy atom. The maximum absolute atomic E-state index is 11.6. The Morgan fingerprint density at radius 2 is 2.12 bits per heavy atom. The Bertz CT molecular complexity index is 371. The average Bonchev–Trinajstić information content (AvgIpc) is 2.14. The van der Waals surface area contributed by atoms with Crippen LogP contribution in [0.5, 0.6) is 0 Å². The van der Waals surface area contributed by atoms with E-state index < -0.39 is 0 Å². The number of anilines is 2. The lowest BCUT2D eigenvalue weighted by molar-refractivity contribution is -0.129. The van der Waals surface area contributed by atoms with E-state index in [1.165, 1.54) is 4.90 Å². The van der Waals surface area contributed by atoms with E-state index in [-0.39, 0.29) is 17.9 Å². The van der Waals surface area contributed by atoms with Crippen molar-refractivity contribution in [2.75, 3.05) is 25.1 Å². The number of nitrogens with zero attached hydrogens (tertiary/aromatic N) is 3. The third-order valence-electron chi connectivity index (χ3n) is 2.05. The van der Waals surface area contributed by atoms with E-state index in [9.17, 15) is 4.79 Å². The highest BCUT2D eigenvalue weighted by molar-refractivity contribution is 5.83. The van der Waals surface area contributed by atoms with Crippen LogP contribution >= 0.6 is 0 Å². The van der Waals surface area contributed by atoms with E-state index in [1.54, 1.807) is 27.1 Å². The second-order valence-corrected chi connectivity index (χ2v) is 3.85. The molecule has 0 aliphatic rings. The van der Waals surface area contributed by atoms with E-state index in [0.717, 1.165) is 5.69 Å². The number of rotatable bonds is 3. The van der Waals surface area contributed by atoms with Gasteiger partial charge in [-0.05, 0) is 13.8 Å². The molecule has 1 aromatic heterocycles. The lowest BCUT2D eigenvalue weighted by Crippen LogP contribution is -2.36. The number of carbonyl (C=O) groups is 1. The molecule has 1 rings (SSSR count). The molecule has 1 heterocycles. The number of nitrogen functional groups attached to an aromatic ring is 1. The fraction of sp³-hybridized carbons (Fsp3) is 0.500. The summed E-state index contributed by atoms with van der Waals surface area (Å²) in [4.78, 5) is 21.1. The fourth-order valence-corrected chi connectivity index (χ4v) is 1.34. The second kappa shape index (κ2) is 4.78. The fourth-order valence-electron chi connectivity index (χ4n) is 1.34. The van der Waals surface area contributed by atoms with Crippen molar-refractivity contribution in [2.24, 2.45) is 0 Å². The summed E-state index contributed by atoms with van der Waals surface area (Å²) in [6.07, 6.45) is 0. The minimum Gasteiger partial charge on any atom is -0.368 e. The first-order valence-electron chi connectivity index (χ1n) is 4.99. The van der Waals surface area contributed by atoms with Gasteiger partial charge in [-0.1, -0.05) is 0 Å². The number of carbonyl (C=O) groups excluding carboxylic acids is 1. The summed E-state index contributed by atoms with van der Waals surface area (Å²) < 4.78 is 0. The van der Waals surface area contributed by atoms with Crippen LogP contribution in [0.4, 0.5) is 11.8 Å². The molecular formula is C10H17N5O. The van der Waals surface area contributed by atoms with Crippen LogP contribution < -0.4 is 11.1 Å². The Hall–Kier alpha value is -1.85. The molecule has 6 heteroatoms. The van der Waals surface area contributed by atoms with Gasteiger partial charge in [0.05, 0.1) is 0 Å². The van der Waals surface area contributed by atoms with Crippen LogP contribution in [0.1, 0.15) is 12.6 Å². The summed E-state index contributed by atoms with van der Waals surface area (Å²) in [5, 5.41) is 2.98. The molecule has 16 heavy (non-hydrogen) atoms. The van der Waals surface area contributed by atoms with E-state index in [1.807, 2.05) is 6.92 Å². The number of likely N-dealkylation sites (N-methyl/N-ethyl adjacent to an activating group) is 1. The van der Waals surface area contributed by atoms with Crippen molar-refractivity contribution >= 4 is 17.7 Å². The lowest BCUT2D eigenvalue weighted by atomic mass is 10.3. The molecule has 0 fully saturated rings. The van der Waals surface area contributed by atoms with Crippen molar-refractivity contribution in [1.29, 1.82) is 0 Å². The molecule has 0 spiro atoms. The van der Waals surface area contributed by atoms with Gasteiger partial charge in [0.1, 0.15) is 11.9 Å². The molecule has 0 saturated carbocycles. The number of hydrogen-bond acceptors (Lipinski definition) is 5. The zero-order valence-electron chi connectivity index (χ0n) is 9.98. The first-order chi connectivity index (χ1) is 7.40. The number of aromatic nitrogens is 2. The van der Waals surface area contributed by atoms with Crippen molar-refractivity contribution in [2.45, 2.75) is 19.9 Å². The topological polar surface area (TPSA) is 84.1 Å². The summed E-state index contributed by atoms with van der Waals surface area (Å²) in [5.74, 6) is 0.745. The maximum Gasteiger partial charge on any atom is 0.244 e. The molecule has 0 aliphatic heterocycles. The summed E-state index contributed by atoms with van der Waals surface area (Å²) >= 11 is 0. The van der Waals surface area contributed by atoms with Gasteiger partial charge in [-0.2, -0.15) is 4.98 Å². The molecule has 3 N–H and O–H groups in total. The Morgan fingerprint density at radius 1 is 1.50 bits per heavy atom. The third-order valence-corrected chi connectivity index (χ3v) is 2.05. The van der Waals surface area contributed by atoms with Crippen molar-refractivity contribution < 1.29 is 4.79 Å². The highest BCUT2D eigenvalue weighted by Gasteiger charge is 2.15. The number of aryl methyl sites for hydroxylation is 1. The molecule has 1 unspecified atom stereocenters. The van der Waals surface area contributed by atoms with Crippen molar-refractivity contribution in [3.05, 3.63) is 11.8 Å². The van der Waals surface area contributed by atoms with Gasteiger partial charge in [0, 0.05) is 25.9 Å². The van der Waals surface area contributed by atoms with E-state index >= 15 is 0 Å². The predicted octanol–water partition coefficient (Wildman–Crippen LogP) is 0.256. The van der Waals surface area contributed by atoms with Gasteiger partial charge in [-0.25, -0.2) is 4.98 Å². The van der Waals surface area contributed by atoms with E-state index in [0.29, 0.717) is 5.82 Å². The summed E-state index contributed by atoms with van der Waals surface area (Å²) in [7, 11) is 3.42. The zero-order chi connectivity index (χ0) is 12.3. The van der Waals surface area contributed by atoms with Crippen molar-refractivity contribution in [1.82, 2.24) is 14.9 Å². The first-order valence-corrected chi connectivity index (χ1v) is 4.99. The second-order valence-electron chi connectivity index (χ2n) is 3.85. The molecule has 88 valence electrons. The van der Waals surface area contributed by atoms with Gasteiger partial charge in [0.25, 0.3) is 0 Å². The maximum atomic E-state index is 11.6. The molecule has 1 amide bonds. The largest absolute Gasteiger partial charge is 0.368 e. The van der Waals surface area contributed by atoms with E-state index in [2.05, 4.69) is 15.3 Å². The molecule has 0 bridgehead atoms. The third kappa shape index (κ3) is 3.08. The quantitative estimate of drug-likeness (QED) is 0.767. The van der Waals surface area contributed by atoms with Crippen molar-refractivity contribution in [3.8, 4) is 0 Å². The number of nitrogens with two attached hydrogens (primary N) is 1. The Labute approximate surface area is 94.9 Å². The lowest BCUT2D eigenvalue weighted by Gasteiger charge is -2.18. The van der Waals surface area contributed by atoms with Crippen LogP contribution in [-0.4, -0.2) is 40.9 Å². The number of hydrogen-bond donors (Lipinski definition) is 2. The van der Waals surface area contributed by atoms with Crippen molar-refractivity contribution in [3.63, 3.8) is 0 Å². The first kappa shape index (κ1) is 12.2. The van der Waals surface area contributed by atoms with Gasteiger partial charge in [-0.3, -0.25) is 4.79 Å². The summed E-state index contributed by atoms with van der Waals surface area (Å²) in [6.45, 7) is 3.59. The van der Waals surface area contributed by atoms with Crippen LogP contribution in [0.15, 0.2) is 6.07 Å². The Balaban J connectivity index is 2.76. The highest BCUT2D eigenvalue weighted by Crippen LogP contribution is 2.09. The Kier molecular flexibility index (Phi) is 3.65. The molecule has 6 nitrogen and oxygen atoms in total. The van der Waals surface area contributed by atoms with Gasteiger partial charge in [-0.15, -0.1) is 0 Å². The molecule has 1 atom stereocenters. The number of nitrogens with one attached hydrogen (secondary N) is 1. The minimum atomic E-state index is -0.344. The average molecular weight is 223 g/mol. The smallest absolute Gasteiger partial charge is 0.244 e. The zero-order valence-corrected chi connectivity index (χ0v) is 9.98. The van der Waals surface area contributed by atoms with Gasteiger partial charge in [0.2, 0.25) is 11.9 Å². The normalized spacial score (nSPS) is 12.0. The van der Waals surface area contributed by atoms with Crippen LogP contribution in [0, 0.1) is 6.92 Å². The van der Waals surface area contributed by atoms with Crippen LogP contribution in [0.25, 0.3) is 0 Å². The van der Waals surface area contributed by atoms with Gasteiger partial charge >= 0.3 is 0 Å². The van der Waals surface area contributed by atoms with Crippen LogP contribution in [0.2, 0.25) is 0 Å². The number of amides is 1. The summed E-state index contributed by atoms with van der Waals surface area (Å²) in [5.41, 5.74) is 6.28. The molecular weight excluding hydrogens is 206 g/mol. The highest BCUT2D eigenvalue weighted by atomic mass is 16.2. The SMILES string of the molecule is Cc1cc(NC(C)C(=O)N(C)C)nc(N)n1. The van der Waals surface area contributed by atoms with E-state index in [4.69, 9.17) is 5.73 Å².